The Morgan fingerprint density at radius 3 is 2.96 bits per heavy atom. The minimum Gasteiger partial charge on any atom is -0.454 e. The van der Waals surface area contributed by atoms with Gasteiger partial charge in [0.25, 0.3) is 5.91 Å². The van der Waals surface area contributed by atoms with Gasteiger partial charge < -0.3 is 10.1 Å². The van der Waals surface area contributed by atoms with Crippen LogP contribution in [-0.4, -0.2) is 44.4 Å². The van der Waals surface area contributed by atoms with Crippen LogP contribution in [0.25, 0.3) is 0 Å². The predicted molar refractivity (Wildman–Crippen MR) is 80.2 cm³/mol. The van der Waals surface area contributed by atoms with Gasteiger partial charge in [0.05, 0.1) is 17.5 Å². The molecule has 0 spiro atoms. The summed E-state index contributed by atoms with van der Waals surface area (Å²) in [5.41, 5.74) is 0.564. The highest BCUT2D eigenvalue weighted by atomic mass is 32.2. The zero-order chi connectivity index (χ0) is 16.5. The number of carbonyl (C=O) groups excluding carboxylic acids is 2. The largest absolute Gasteiger partial charge is 0.454 e. The first-order valence-corrected chi connectivity index (χ1v) is 7.42. The molecule has 1 aromatic carbocycles. The topological polar surface area (TPSA) is 123 Å². The number of aromatic nitrogens is 4. The lowest BCUT2D eigenvalue weighted by molar-refractivity contribution is -0.148. The molecule has 0 saturated carbocycles. The second-order valence-corrected chi connectivity index (χ2v) is 5.18. The van der Waals surface area contributed by atoms with Crippen molar-refractivity contribution < 1.29 is 14.3 Å². The average molecular weight is 332 g/mol. The van der Waals surface area contributed by atoms with Crippen molar-refractivity contribution in [1.29, 1.82) is 5.26 Å². The van der Waals surface area contributed by atoms with Gasteiger partial charge in [-0.2, -0.15) is 5.26 Å². The molecule has 0 aliphatic heterocycles. The van der Waals surface area contributed by atoms with Gasteiger partial charge in [-0.15, -0.1) is 16.9 Å². The van der Waals surface area contributed by atoms with Crippen molar-refractivity contribution in [3.05, 3.63) is 30.6 Å². The molecule has 0 radical (unpaired) electrons. The average Bonchev–Trinajstić information content (AvgIpc) is 3.05. The second kappa shape index (κ2) is 8.50. The molecule has 1 amide bonds. The molecule has 0 fully saturated rings. The van der Waals surface area contributed by atoms with Crippen LogP contribution in [0.1, 0.15) is 0 Å². The number of para-hydroxylation sites is 1. The molecule has 0 saturated heterocycles. The third-order valence-electron chi connectivity index (χ3n) is 2.50. The van der Waals surface area contributed by atoms with Crippen LogP contribution in [-0.2, 0) is 20.9 Å². The predicted octanol–water partition coefficient (Wildman–Crippen LogP) is 0.471. The Kier molecular flexibility index (Phi) is 6.07. The summed E-state index contributed by atoms with van der Waals surface area (Å²) in [4.78, 5) is 24.1. The van der Waals surface area contributed by atoms with E-state index in [1.54, 1.807) is 18.2 Å². The van der Waals surface area contributed by atoms with Crippen LogP contribution in [0, 0.1) is 11.3 Å². The molecule has 10 heteroatoms. The van der Waals surface area contributed by atoms with Gasteiger partial charge in [-0.25, -0.2) is 4.68 Å². The number of nitrogens with zero attached hydrogens (tertiary/aromatic N) is 5. The fourth-order valence-corrected chi connectivity index (χ4v) is 2.24. The van der Waals surface area contributed by atoms with E-state index < -0.39 is 18.5 Å². The Hall–Kier alpha value is -2.93. The molecule has 2 aromatic rings. The number of carbonyl (C=O) groups is 2. The number of nitriles is 1. The van der Waals surface area contributed by atoms with Gasteiger partial charge in [-0.1, -0.05) is 12.1 Å². The Labute approximate surface area is 135 Å². The fraction of sp³-hybridized carbons (Fsp3) is 0.231. The highest BCUT2D eigenvalue weighted by molar-refractivity contribution is 7.99. The molecule has 118 valence electrons. The third-order valence-corrected chi connectivity index (χ3v) is 3.44. The van der Waals surface area contributed by atoms with Gasteiger partial charge in [0.1, 0.15) is 12.9 Å². The SMILES string of the molecule is N#CCSc1ccccc1NC(=O)COC(=O)Cn1cnnn1. The normalized spacial score (nSPS) is 9.87. The number of ether oxygens (including phenoxy) is 1. The molecule has 2 rings (SSSR count). The number of tetrazole rings is 1. The maximum Gasteiger partial charge on any atom is 0.328 e. The van der Waals surface area contributed by atoms with E-state index in [0.717, 1.165) is 4.90 Å². The Bertz CT molecular complexity index is 713. The van der Waals surface area contributed by atoms with Crippen molar-refractivity contribution in [2.24, 2.45) is 0 Å². The number of hydrogen-bond acceptors (Lipinski definition) is 8. The van der Waals surface area contributed by atoms with E-state index in [-0.39, 0.29) is 12.3 Å². The van der Waals surface area contributed by atoms with E-state index in [1.165, 1.54) is 22.8 Å². The van der Waals surface area contributed by atoms with Crippen molar-refractivity contribution in [2.45, 2.75) is 11.4 Å². The van der Waals surface area contributed by atoms with Crippen LogP contribution in [0.4, 0.5) is 5.69 Å². The molecule has 1 N–H and O–H groups in total. The first-order chi connectivity index (χ1) is 11.2. The first kappa shape index (κ1) is 16.4. The molecule has 0 aliphatic rings. The summed E-state index contributed by atoms with van der Waals surface area (Å²) >= 11 is 1.31. The van der Waals surface area contributed by atoms with E-state index >= 15 is 0 Å². The third kappa shape index (κ3) is 5.40. The quantitative estimate of drug-likeness (QED) is 0.573. The van der Waals surface area contributed by atoms with E-state index in [1.807, 2.05) is 12.1 Å². The van der Waals surface area contributed by atoms with Gasteiger partial charge in [0, 0.05) is 4.90 Å². The summed E-state index contributed by atoms with van der Waals surface area (Å²) in [7, 11) is 0. The highest BCUT2D eigenvalue weighted by Gasteiger charge is 2.11. The molecular weight excluding hydrogens is 320 g/mol. The van der Waals surface area contributed by atoms with E-state index in [9.17, 15) is 9.59 Å². The number of rotatable bonds is 7. The summed E-state index contributed by atoms with van der Waals surface area (Å²) in [6, 6.07) is 9.09. The second-order valence-electron chi connectivity index (χ2n) is 4.16. The lowest BCUT2D eigenvalue weighted by atomic mass is 10.3. The number of amides is 1. The van der Waals surface area contributed by atoms with Gasteiger partial charge >= 0.3 is 5.97 Å². The van der Waals surface area contributed by atoms with E-state index in [4.69, 9.17) is 10.00 Å². The summed E-state index contributed by atoms with van der Waals surface area (Å²) in [6.07, 6.45) is 1.27. The molecule has 0 atom stereocenters. The van der Waals surface area contributed by atoms with Crippen LogP contribution >= 0.6 is 11.8 Å². The molecule has 23 heavy (non-hydrogen) atoms. The van der Waals surface area contributed by atoms with Crippen molar-refractivity contribution in [3.8, 4) is 6.07 Å². The van der Waals surface area contributed by atoms with Gasteiger partial charge in [0.2, 0.25) is 0 Å². The smallest absolute Gasteiger partial charge is 0.328 e. The van der Waals surface area contributed by atoms with Gasteiger partial charge in [-0.05, 0) is 22.6 Å². The molecular formula is C13H12N6O3S. The lowest BCUT2D eigenvalue weighted by Gasteiger charge is -2.10. The maximum absolute atomic E-state index is 11.8. The molecule has 0 unspecified atom stereocenters. The van der Waals surface area contributed by atoms with Crippen molar-refractivity contribution in [1.82, 2.24) is 20.2 Å². The van der Waals surface area contributed by atoms with Crippen LogP contribution in [0.15, 0.2) is 35.5 Å². The molecule has 0 bridgehead atoms. The van der Waals surface area contributed by atoms with Crippen LogP contribution in [0.5, 0.6) is 0 Å². The molecule has 0 aliphatic carbocycles. The summed E-state index contributed by atoms with van der Waals surface area (Å²) < 4.78 is 6.03. The Balaban J connectivity index is 1.83. The van der Waals surface area contributed by atoms with Crippen molar-refractivity contribution in [2.75, 3.05) is 17.7 Å². The van der Waals surface area contributed by atoms with Crippen LogP contribution in [0.2, 0.25) is 0 Å². The Morgan fingerprint density at radius 1 is 1.39 bits per heavy atom. The van der Waals surface area contributed by atoms with Crippen molar-refractivity contribution in [3.63, 3.8) is 0 Å². The highest BCUT2D eigenvalue weighted by Crippen LogP contribution is 2.26. The number of thioether (sulfide) groups is 1. The van der Waals surface area contributed by atoms with Gasteiger partial charge in [0.15, 0.2) is 6.61 Å². The number of benzene rings is 1. The minimum absolute atomic E-state index is 0.172. The van der Waals surface area contributed by atoms with Crippen LogP contribution in [0.3, 0.4) is 0 Å². The molecule has 1 heterocycles. The minimum atomic E-state index is -0.625. The standard InChI is InChI=1S/C13H12N6O3S/c14-5-6-23-11-4-2-1-3-10(11)16-12(20)8-22-13(21)7-19-9-15-17-18-19/h1-4,9H,6-8H2,(H,16,20). The molecule has 9 nitrogen and oxygen atoms in total. The summed E-state index contributed by atoms with van der Waals surface area (Å²) in [5, 5.41) is 21.5. The number of esters is 1. The first-order valence-electron chi connectivity index (χ1n) is 6.44. The number of nitrogens with one attached hydrogen (secondary N) is 1. The van der Waals surface area contributed by atoms with Crippen LogP contribution < -0.4 is 5.32 Å². The monoisotopic (exact) mass is 332 g/mol. The maximum atomic E-state index is 11.8. The lowest BCUT2D eigenvalue weighted by Crippen LogP contribution is -2.23. The number of anilines is 1. The summed E-state index contributed by atoms with van der Waals surface area (Å²) in [6.45, 7) is -0.590. The van der Waals surface area contributed by atoms with E-state index in [2.05, 4.69) is 20.8 Å². The Morgan fingerprint density at radius 2 is 2.22 bits per heavy atom. The fourth-order valence-electron chi connectivity index (χ4n) is 1.57. The van der Waals surface area contributed by atoms with Crippen molar-refractivity contribution >= 4 is 29.3 Å². The zero-order valence-electron chi connectivity index (χ0n) is 11.9. The molecule has 1 aromatic heterocycles. The van der Waals surface area contributed by atoms with Gasteiger partial charge in [-0.3, -0.25) is 9.59 Å². The van der Waals surface area contributed by atoms with E-state index in [0.29, 0.717) is 5.69 Å². The number of hydrogen-bond donors (Lipinski definition) is 1. The summed E-state index contributed by atoms with van der Waals surface area (Å²) in [5.74, 6) is -0.826. The zero-order valence-corrected chi connectivity index (χ0v) is 12.7.